The number of benzene rings is 1. The number of aryl methyl sites for hydroxylation is 1. The third-order valence-electron chi connectivity index (χ3n) is 3.18. The molecule has 0 fully saturated rings. The Morgan fingerprint density at radius 1 is 1.33 bits per heavy atom. The highest BCUT2D eigenvalue weighted by Crippen LogP contribution is 2.18. The molecule has 0 saturated heterocycles. The summed E-state index contributed by atoms with van der Waals surface area (Å²) in [6.45, 7) is 8.18. The first-order valence-electron chi connectivity index (χ1n) is 6.66. The molecule has 0 atom stereocenters. The molecular weight excluding hydrogens is 264 g/mol. The Morgan fingerprint density at radius 2 is 2.14 bits per heavy atom. The average Bonchev–Trinajstić information content (AvgIpc) is 2.50. The van der Waals surface area contributed by atoms with E-state index in [1.54, 1.807) is 12.1 Å². The fourth-order valence-corrected chi connectivity index (χ4v) is 1.83. The second-order valence-corrected chi connectivity index (χ2v) is 4.66. The van der Waals surface area contributed by atoms with Gasteiger partial charge in [-0.05, 0) is 31.0 Å². The Morgan fingerprint density at radius 3 is 2.90 bits per heavy atom. The van der Waals surface area contributed by atoms with Crippen LogP contribution in [-0.4, -0.2) is 22.4 Å². The number of aromatic nitrogens is 2. The first kappa shape index (κ1) is 14.7. The van der Waals surface area contributed by atoms with E-state index < -0.39 is 0 Å². The van der Waals surface area contributed by atoms with Crippen molar-refractivity contribution in [2.75, 3.05) is 17.2 Å². The highest BCUT2D eigenvalue weighted by atomic mass is 16.1. The number of nitrogens with one attached hydrogen (secondary N) is 2. The Balaban J connectivity index is 2.16. The van der Waals surface area contributed by atoms with E-state index in [0.717, 1.165) is 16.8 Å². The zero-order valence-corrected chi connectivity index (χ0v) is 12.2. The summed E-state index contributed by atoms with van der Waals surface area (Å²) in [5.41, 5.74) is 3.28. The van der Waals surface area contributed by atoms with Crippen molar-refractivity contribution >= 4 is 17.4 Å². The first-order chi connectivity index (χ1) is 10.1. The SMILES string of the molecule is C=CCNc1cc(C(=O)Nc2cccc(C)c2C)ncn1. The molecule has 1 aromatic carbocycles. The molecule has 108 valence electrons. The summed E-state index contributed by atoms with van der Waals surface area (Å²) in [6, 6.07) is 7.41. The summed E-state index contributed by atoms with van der Waals surface area (Å²) in [4.78, 5) is 20.3. The van der Waals surface area contributed by atoms with Gasteiger partial charge in [-0.2, -0.15) is 0 Å². The fourth-order valence-electron chi connectivity index (χ4n) is 1.83. The van der Waals surface area contributed by atoms with Crippen molar-refractivity contribution in [3.05, 3.63) is 60.1 Å². The molecule has 2 aromatic rings. The van der Waals surface area contributed by atoms with Gasteiger partial charge in [-0.1, -0.05) is 18.2 Å². The zero-order chi connectivity index (χ0) is 15.2. The van der Waals surface area contributed by atoms with Crippen molar-refractivity contribution in [3.8, 4) is 0 Å². The number of carbonyl (C=O) groups is 1. The molecular formula is C16H18N4O. The molecule has 0 aliphatic carbocycles. The monoisotopic (exact) mass is 282 g/mol. The van der Waals surface area contributed by atoms with Crippen LogP contribution < -0.4 is 10.6 Å². The molecule has 2 N–H and O–H groups in total. The summed E-state index contributed by atoms with van der Waals surface area (Å²) in [5, 5.41) is 5.90. The van der Waals surface area contributed by atoms with Crippen LogP contribution in [0, 0.1) is 13.8 Å². The summed E-state index contributed by atoms with van der Waals surface area (Å²) in [7, 11) is 0. The first-order valence-corrected chi connectivity index (χ1v) is 6.66. The molecule has 1 aromatic heterocycles. The van der Waals surface area contributed by atoms with Gasteiger partial charge in [0.15, 0.2) is 0 Å². The quantitative estimate of drug-likeness (QED) is 0.827. The maximum atomic E-state index is 12.3. The van der Waals surface area contributed by atoms with Crippen molar-refractivity contribution in [1.82, 2.24) is 9.97 Å². The largest absolute Gasteiger partial charge is 0.366 e. The number of hydrogen-bond acceptors (Lipinski definition) is 4. The molecule has 5 nitrogen and oxygen atoms in total. The molecule has 0 aliphatic rings. The Bertz CT molecular complexity index is 667. The van der Waals surface area contributed by atoms with E-state index in [4.69, 9.17) is 0 Å². The van der Waals surface area contributed by atoms with Gasteiger partial charge in [0.1, 0.15) is 17.8 Å². The number of anilines is 2. The normalized spacial score (nSPS) is 10.0. The Labute approximate surface area is 124 Å². The average molecular weight is 282 g/mol. The van der Waals surface area contributed by atoms with Gasteiger partial charge >= 0.3 is 0 Å². The smallest absolute Gasteiger partial charge is 0.274 e. The number of rotatable bonds is 5. The van der Waals surface area contributed by atoms with Gasteiger partial charge in [-0.15, -0.1) is 6.58 Å². The minimum absolute atomic E-state index is 0.257. The Hall–Kier alpha value is -2.69. The maximum Gasteiger partial charge on any atom is 0.274 e. The van der Waals surface area contributed by atoms with E-state index in [1.165, 1.54) is 6.33 Å². The van der Waals surface area contributed by atoms with Gasteiger partial charge in [0.2, 0.25) is 0 Å². The summed E-state index contributed by atoms with van der Waals surface area (Å²) >= 11 is 0. The van der Waals surface area contributed by atoms with Gasteiger partial charge in [-0.3, -0.25) is 4.79 Å². The van der Waals surface area contributed by atoms with Crippen molar-refractivity contribution in [3.63, 3.8) is 0 Å². The molecule has 0 saturated carbocycles. The molecule has 0 radical (unpaired) electrons. The van der Waals surface area contributed by atoms with Gasteiger partial charge in [-0.25, -0.2) is 9.97 Å². The number of nitrogens with zero attached hydrogens (tertiary/aromatic N) is 2. The van der Waals surface area contributed by atoms with E-state index in [-0.39, 0.29) is 5.91 Å². The van der Waals surface area contributed by atoms with E-state index in [0.29, 0.717) is 18.1 Å². The maximum absolute atomic E-state index is 12.3. The number of amides is 1. The van der Waals surface area contributed by atoms with E-state index >= 15 is 0 Å². The molecule has 0 bridgehead atoms. The van der Waals surface area contributed by atoms with Crippen molar-refractivity contribution in [2.45, 2.75) is 13.8 Å². The molecule has 2 rings (SSSR count). The summed E-state index contributed by atoms with van der Waals surface area (Å²) < 4.78 is 0. The van der Waals surface area contributed by atoms with E-state index in [2.05, 4.69) is 27.2 Å². The fraction of sp³-hybridized carbons (Fsp3) is 0.188. The lowest BCUT2D eigenvalue weighted by Crippen LogP contribution is -2.15. The molecule has 1 amide bonds. The van der Waals surface area contributed by atoms with Crippen LogP contribution in [0.5, 0.6) is 0 Å². The predicted molar refractivity (Wildman–Crippen MR) is 84.6 cm³/mol. The number of carbonyl (C=O) groups excluding carboxylic acids is 1. The van der Waals surface area contributed by atoms with Crippen molar-refractivity contribution in [1.29, 1.82) is 0 Å². The van der Waals surface area contributed by atoms with Crippen molar-refractivity contribution in [2.24, 2.45) is 0 Å². The predicted octanol–water partition coefficient (Wildman–Crippen LogP) is 2.94. The molecule has 0 unspecified atom stereocenters. The lowest BCUT2D eigenvalue weighted by molar-refractivity contribution is 0.102. The van der Waals surface area contributed by atoms with Crippen LogP contribution >= 0.6 is 0 Å². The second-order valence-electron chi connectivity index (χ2n) is 4.66. The third-order valence-corrected chi connectivity index (χ3v) is 3.18. The topological polar surface area (TPSA) is 66.9 Å². The summed E-state index contributed by atoms with van der Waals surface area (Å²) in [5.74, 6) is 0.337. The van der Waals surface area contributed by atoms with E-state index in [9.17, 15) is 4.79 Å². The minimum atomic E-state index is -0.257. The highest BCUT2D eigenvalue weighted by molar-refractivity contribution is 6.03. The molecule has 21 heavy (non-hydrogen) atoms. The third kappa shape index (κ3) is 3.66. The van der Waals surface area contributed by atoms with Crippen LogP contribution in [0.15, 0.2) is 43.2 Å². The van der Waals surface area contributed by atoms with Crippen LogP contribution in [0.2, 0.25) is 0 Å². The van der Waals surface area contributed by atoms with Gasteiger partial charge in [0.25, 0.3) is 5.91 Å². The van der Waals surface area contributed by atoms with Crippen LogP contribution in [0.1, 0.15) is 21.6 Å². The van der Waals surface area contributed by atoms with Gasteiger partial charge < -0.3 is 10.6 Å². The highest BCUT2D eigenvalue weighted by Gasteiger charge is 2.10. The lowest BCUT2D eigenvalue weighted by Gasteiger charge is -2.10. The Kier molecular flexibility index (Phi) is 4.66. The lowest BCUT2D eigenvalue weighted by atomic mass is 10.1. The van der Waals surface area contributed by atoms with Crippen LogP contribution in [0.4, 0.5) is 11.5 Å². The number of hydrogen-bond donors (Lipinski definition) is 2. The van der Waals surface area contributed by atoms with Crippen LogP contribution in [0.25, 0.3) is 0 Å². The zero-order valence-electron chi connectivity index (χ0n) is 12.2. The van der Waals surface area contributed by atoms with Crippen LogP contribution in [0.3, 0.4) is 0 Å². The van der Waals surface area contributed by atoms with Crippen molar-refractivity contribution < 1.29 is 4.79 Å². The minimum Gasteiger partial charge on any atom is -0.366 e. The van der Waals surface area contributed by atoms with Gasteiger partial charge in [0.05, 0.1) is 0 Å². The van der Waals surface area contributed by atoms with Gasteiger partial charge in [0, 0.05) is 18.3 Å². The second kappa shape index (κ2) is 6.65. The molecule has 0 spiro atoms. The summed E-state index contributed by atoms with van der Waals surface area (Å²) in [6.07, 6.45) is 3.08. The molecule has 1 heterocycles. The standard InChI is InChI=1S/C16H18N4O/c1-4-8-17-15-9-14(18-10-19-15)16(21)20-13-7-5-6-11(2)12(13)3/h4-7,9-10H,1,8H2,2-3H3,(H,20,21)(H,17,18,19). The molecule has 0 aliphatic heterocycles. The van der Waals surface area contributed by atoms with E-state index in [1.807, 2.05) is 32.0 Å². The van der Waals surface area contributed by atoms with Crippen LogP contribution in [-0.2, 0) is 0 Å². The molecule has 5 heteroatoms.